The van der Waals surface area contributed by atoms with Gasteiger partial charge in [-0.05, 0) is 30.5 Å². The maximum Gasteiger partial charge on any atom is 0.306 e. The molecule has 3 aliphatic rings. The van der Waals surface area contributed by atoms with Crippen molar-refractivity contribution < 1.29 is 28.5 Å². The van der Waals surface area contributed by atoms with Gasteiger partial charge < -0.3 is 23.8 Å². The minimum atomic E-state index is -1.00. The number of esters is 1. The zero-order chi connectivity index (χ0) is 24.7. The Morgan fingerprint density at radius 3 is 2.43 bits per heavy atom. The number of hydrogen-bond acceptors (Lipinski definition) is 7. The fourth-order valence-electron chi connectivity index (χ4n) is 5.51. The van der Waals surface area contributed by atoms with Crippen molar-refractivity contribution in [2.75, 3.05) is 20.0 Å². The topological polar surface area (TPSA) is 74.3 Å². The van der Waals surface area contributed by atoms with Gasteiger partial charge in [-0.25, -0.2) is 0 Å². The molecule has 4 atom stereocenters. The molecule has 3 heterocycles. The Bertz CT molecular complexity index is 849. The van der Waals surface area contributed by atoms with Gasteiger partial charge in [-0.3, -0.25) is 9.59 Å². The lowest BCUT2D eigenvalue weighted by atomic mass is 9.90. The molecular formula is C27H39NO6S. The van der Waals surface area contributed by atoms with E-state index in [0.717, 1.165) is 37.0 Å². The predicted molar refractivity (Wildman–Crippen MR) is 135 cm³/mol. The molecule has 3 fully saturated rings. The van der Waals surface area contributed by atoms with Crippen molar-refractivity contribution in [2.45, 2.75) is 101 Å². The van der Waals surface area contributed by atoms with Crippen LogP contribution in [-0.4, -0.2) is 60.1 Å². The highest BCUT2D eigenvalue weighted by atomic mass is 32.2. The van der Waals surface area contributed by atoms with Crippen LogP contribution < -0.4 is 4.74 Å². The van der Waals surface area contributed by atoms with Gasteiger partial charge in [-0.1, -0.05) is 62.4 Å². The van der Waals surface area contributed by atoms with Crippen molar-refractivity contribution in [1.29, 1.82) is 0 Å². The molecule has 2 bridgehead atoms. The highest BCUT2D eigenvalue weighted by molar-refractivity contribution is 8.13. The van der Waals surface area contributed by atoms with E-state index in [2.05, 4.69) is 0 Å². The van der Waals surface area contributed by atoms with Crippen molar-refractivity contribution in [3.05, 3.63) is 29.8 Å². The molecule has 1 aromatic rings. The molecule has 1 aromatic carbocycles. The van der Waals surface area contributed by atoms with E-state index in [-0.39, 0.29) is 29.5 Å². The van der Waals surface area contributed by atoms with Gasteiger partial charge in [0, 0.05) is 38.7 Å². The summed E-state index contributed by atoms with van der Waals surface area (Å²) in [5, 5.41) is 0.0173. The second-order valence-electron chi connectivity index (χ2n) is 9.89. The van der Waals surface area contributed by atoms with Gasteiger partial charge in [0.2, 0.25) is 0 Å². The summed E-state index contributed by atoms with van der Waals surface area (Å²) in [5.41, 5.74) is 1.02. The van der Waals surface area contributed by atoms with E-state index in [1.165, 1.54) is 37.4 Å². The molecule has 35 heavy (non-hydrogen) atoms. The van der Waals surface area contributed by atoms with E-state index in [4.69, 9.17) is 18.9 Å². The zero-order valence-electron chi connectivity index (χ0n) is 21.0. The maximum atomic E-state index is 13.0. The number of nitrogens with zero attached hydrogens (tertiary/aromatic N) is 1. The quantitative estimate of drug-likeness (QED) is 0.476. The molecule has 194 valence electrons. The van der Waals surface area contributed by atoms with Crippen molar-refractivity contribution in [2.24, 2.45) is 0 Å². The molecule has 8 heteroatoms. The molecule has 3 aliphatic heterocycles. The number of rotatable bonds is 5. The maximum absolute atomic E-state index is 13.0. The molecule has 0 radical (unpaired) electrons. The number of hydrogen-bond donors (Lipinski definition) is 0. The monoisotopic (exact) mass is 505 g/mol. The molecule has 7 nitrogen and oxygen atoms in total. The first-order valence-electron chi connectivity index (χ1n) is 13.0. The van der Waals surface area contributed by atoms with Crippen molar-refractivity contribution in [3.63, 3.8) is 0 Å². The molecule has 0 aromatic heterocycles. The molecule has 3 saturated heterocycles. The van der Waals surface area contributed by atoms with Crippen LogP contribution in [0.2, 0.25) is 0 Å². The minimum absolute atomic E-state index is 0.0173. The predicted octanol–water partition coefficient (Wildman–Crippen LogP) is 5.69. The van der Waals surface area contributed by atoms with Crippen LogP contribution in [0.25, 0.3) is 0 Å². The summed E-state index contributed by atoms with van der Waals surface area (Å²) in [7, 11) is 3.29. The van der Waals surface area contributed by atoms with E-state index in [1.807, 2.05) is 29.2 Å². The zero-order valence-corrected chi connectivity index (χ0v) is 21.9. The van der Waals surface area contributed by atoms with Crippen molar-refractivity contribution in [3.8, 4) is 5.75 Å². The lowest BCUT2D eigenvalue weighted by molar-refractivity contribution is -0.306. The van der Waals surface area contributed by atoms with Crippen molar-refractivity contribution >= 4 is 23.0 Å². The lowest BCUT2D eigenvalue weighted by Crippen LogP contribution is -2.60. The average molecular weight is 506 g/mol. The van der Waals surface area contributed by atoms with Crippen LogP contribution in [0, 0.1) is 0 Å². The standard InChI is InChI=1S/C27H39NO6S/c1-31-21-14-12-20(13-15-21)18-28-24(19-35-26(28)30)27(32-2)17-23-16-22(34-27)10-8-6-4-3-5-7-9-11-25(29)33-23/h12-15,22-24H,3-11,16-19H2,1-2H3/t22-,23-,24?,27-/m1/s1. The highest BCUT2D eigenvalue weighted by Gasteiger charge is 2.54. The summed E-state index contributed by atoms with van der Waals surface area (Å²) >= 11 is 1.30. The number of methoxy groups -OCH3 is 2. The summed E-state index contributed by atoms with van der Waals surface area (Å²) in [6.07, 6.45) is 10.00. The van der Waals surface area contributed by atoms with Crippen LogP contribution in [-0.2, 0) is 25.5 Å². The van der Waals surface area contributed by atoms with Crippen LogP contribution in [0.15, 0.2) is 24.3 Å². The summed E-state index contributed by atoms with van der Waals surface area (Å²) < 4.78 is 24.0. The molecule has 1 amide bonds. The third-order valence-electron chi connectivity index (χ3n) is 7.45. The Morgan fingerprint density at radius 1 is 1.00 bits per heavy atom. The third kappa shape index (κ3) is 6.71. The first-order chi connectivity index (χ1) is 17.0. The summed E-state index contributed by atoms with van der Waals surface area (Å²) in [6, 6.07) is 7.49. The molecule has 0 spiro atoms. The summed E-state index contributed by atoms with van der Waals surface area (Å²) in [6.45, 7) is 0.462. The Hall–Kier alpha value is -1.77. The summed E-state index contributed by atoms with van der Waals surface area (Å²) in [4.78, 5) is 27.4. The van der Waals surface area contributed by atoms with Crippen molar-refractivity contribution in [1.82, 2.24) is 4.90 Å². The SMILES string of the molecule is COc1ccc(CN2C(=O)SCC2[C@@]2(OC)C[C@H]3C[C@@H](CCCCCCCCCC(=O)O3)O2)cc1. The van der Waals surface area contributed by atoms with Gasteiger partial charge in [0.1, 0.15) is 11.9 Å². The average Bonchev–Trinajstić information content (AvgIpc) is 3.23. The normalized spacial score (nSPS) is 31.0. The van der Waals surface area contributed by atoms with E-state index >= 15 is 0 Å². The number of amides is 1. The molecule has 0 aliphatic carbocycles. The number of thioether (sulfide) groups is 1. The third-order valence-corrected chi connectivity index (χ3v) is 8.41. The molecule has 1 unspecified atom stereocenters. The van der Waals surface area contributed by atoms with E-state index < -0.39 is 5.79 Å². The van der Waals surface area contributed by atoms with Gasteiger partial charge in [0.05, 0.1) is 19.3 Å². The van der Waals surface area contributed by atoms with Crippen LogP contribution in [0.1, 0.15) is 76.2 Å². The molecule has 0 saturated carbocycles. The van der Waals surface area contributed by atoms with E-state index in [1.54, 1.807) is 14.2 Å². The number of fused-ring (bicyclic) bond motifs is 2. The largest absolute Gasteiger partial charge is 0.497 e. The van der Waals surface area contributed by atoms with Gasteiger partial charge in [0.25, 0.3) is 5.24 Å². The smallest absolute Gasteiger partial charge is 0.306 e. The minimum Gasteiger partial charge on any atom is -0.497 e. The van der Waals surface area contributed by atoms with E-state index in [9.17, 15) is 9.59 Å². The number of ether oxygens (including phenoxy) is 4. The first kappa shape index (κ1) is 26.3. The second kappa shape index (κ2) is 12.5. The number of carbonyl (C=O) groups excluding carboxylic acids is 2. The Balaban J connectivity index is 1.54. The van der Waals surface area contributed by atoms with E-state index in [0.29, 0.717) is 31.6 Å². The molecule has 0 N–H and O–H groups in total. The number of carbonyl (C=O) groups is 2. The Morgan fingerprint density at radius 2 is 1.71 bits per heavy atom. The molecular weight excluding hydrogens is 466 g/mol. The fourth-order valence-corrected chi connectivity index (χ4v) is 6.60. The fraction of sp³-hybridized carbons (Fsp3) is 0.704. The second-order valence-corrected chi connectivity index (χ2v) is 10.9. The number of benzene rings is 1. The lowest BCUT2D eigenvalue weighted by Gasteiger charge is -2.48. The summed E-state index contributed by atoms with van der Waals surface area (Å²) in [5.74, 6) is 0.223. The van der Waals surface area contributed by atoms with Crippen LogP contribution in [0.3, 0.4) is 0 Å². The van der Waals surface area contributed by atoms with Gasteiger partial charge in [-0.15, -0.1) is 0 Å². The van der Waals surface area contributed by atoms with Gasteiger partial charge in [0.15, 0.2) is 5.79 Å². The Kier molecular flexibility index (Phi) is 9.36. The van der Waals surface area contributed by atoms with Gasteiger partial charge in [-0.2, -0.15) is 0 Å². The first-order valence-corrected chi connectivity index (χ1v) is 14.0. The van der Waals surface area contributed by atoms with Crippen LogP contribution in [0.4, 0.5) is 4.79 Å². The highest BCUT2D eigenvalue weighted by Crippen LogP contribution is 2.43. The molecule has 4 rings (SSSR count). The van der Waals surface area contributed by atoms with Crippen LogP contribution >= 0.6 is 11.8 Å². The van der Waals surface area contributed by atoms with Gasteiger partial charge >= 0.3 is 5.97 Å². The Labute approximate surface area is 213 Å². The van der Waals surface area contributed by atoms with Crippen LogP contribution in [0.5, 0.6) is 5.75 Å².